The zero-order valence-electron chi connectivity index (χ0n) is 18.4. The highest BCUT2D eigenvalue weighted by Gasteiger charge is 2.42. The van der Waals surface area contributed by atoms with Gasteiger partial charge in [0, 0.05) is 34.4 Å². The lowest BCUT2D eigenvalue weighted by molar-refractivity contribution is -0.135. The van der Waals surface area contributed by atoms with Gasteiger partial charge in [-0.15, -0.1) is 5.10 Å². The quantitative estimate of drug-likeness (QED) is 0.424. The second-order valence-corrected chi connectivity index (χ2v) is 7.56. The highest BCUT2D eigenvalue weighted by Crippen LogP contribution is 2.42. The van der Waals surface area contributed by atoms with Crippen LogP contribution >= 0.6 is 0 Å². The van der Waals surface area contributed by atoms with Gasteiger partial charge in [-0.3, -0.25) is 4.90 Å². The number of H-pyrrole nitrogens is 1. The molecule has 0 unspecified atom stereocenters. The number of amidine groups is 1. The van der Waals surface area contributed by atoms with Crippen molar-refractivity contribution in [3.8, 4) is 5.75 Å². The molecule has 0 fully saturated rings. The second kappa shape index (κ2) is 8.70. The molecule has 0 aliphatic carbocycles. The Kier molecular flexibility index (Phi) is 5.44. The molecule has 0 bridgehead atoms. The van der Waals surface area contributed by atoms with Gasteiger partial charge in [0.1, 0.15) is 5.75 Å². The molecule has 33 heavy (non-hydrogen) atoms. The molecule has 5 rings (SSSR count). The Hall–Kier alpha value is -4.26. The van der Waals surface area contributed by atoms with Crippen molar-refractivity contribution >= 4 is 34.1 Å². The van der Waals surface area contributed by atoms with Crippen molar-refractivity contribution in [3.05, 3.63) is 90.6 Å². The predicted octanol–water partition coefficient (Wildman–Crippen LogP) is 5.08. The number of para-hydroxylation sites is 2. The van der Waals surface area contributed by atoms with E-state index < -0.39 is 12.1 Å². The number of hydrazone groups is 1. The van der Waals surface area contributed by atoms with Crippen LogP contribution in [0.15, 0.2) is 90.2 Å². The first-order chi connectivity index (χ1) is 16.2. The second-order valence-electron chi connectivity index (χ2n) is 7.56. The molecule has 7 heteroatoms. The molecule has 1 atom stereocenters. The monoisotopic (exact) mass is 440 g/mol. The van der Waals surface area contributed by atoms with E-state index in [1.165, 1.54) is 0 Å². The van der Waals surface area contributed by atoms with Crippen LogP contribution < -0.4 is 14.6 Å². The molecule has 1 aliphatic rings. The fourth-order valence-corrected chi connectivity index (χ4v) is 4.15. The summed E-state index contributed by atoms with van der Waals surface area (Å²) >= 11 is 0. The zero-order valence-corrected chi connectivity index (χ0v) is 18.4. The largest absolute Gasteiger partial charge is 0.497 e. The lowest BCUT2D eigenvalue weighted by Gasteiger charge is -2.31. The van der Waals surface area contributed by atoms with Crippen molar-refractivity contribution in [3.63, 3.8) is 0 Å². The van der Waals surface area contributed by atoms with E-state index in [0.717, 1.165) is 27.8 Å². The predicted molar refractivity (Wildman–Crippen MR) is 130 cm³/mol. The van der Waals surface area contributed by atoms with E-state index >= 15 is 0 Å². The summed E-state index contributed by atoms with van der Waals surface area (Å²) in [6.45, 7) is 2.04. The van der Waals surface area contributed by atoms with Crippen LogP contribution in [-0.2, 0) is 9.53 Å². The Balaban J connectivity index is 1.74. The smallest absolute Gasteiger partial charge is 0.376 e. The summed E-state index contributed by atoms with van der Waals surface area (Å²) in [6.07, 6.45) is 1.55. The van der Waals surface area contributed by atoms with Gasteiger partial charge in [-0.1, -0.05) is 42.5 Å². The van der Waals surface area contributed by atoms with Gasteiger partial charge in [-0.2, -0.15) is 0 Å². The number of methoxy groups -OCH3 is 1. The minimum absolute atomic E-state index is 0.212. The highest BCUT2D eigenvalue weighted by molar-refractivity contribution is 6.42. The third kappa shape index (κ3) is 3.67. The van der Waals surface area contributed by atoms with E-state index in [1.54, 1.807) is 14.0 Å². The van der Waals surface area contributed by atoms with Gasteiger partial charge in [0.2, 0.25) is 5.84 Å². The van der Waals surface area contributed by atoms with Crippen LogP contribution in [0.1, 0.15) is 18.7 Å². The number of benzene rings is 3. The summed E-state index contributed by atoms with van der Waals surface area (Å²) < 4.78 is 10.9. The van der Waals surface area contributed by atoms with Crippen molar-refractivity contribution in [2.24, 2.45) is 5.10 Å². The van der Waals surface area contributed by atoms with Crippen molar-refractivity contribution < 1.29 is 14.3 Å². The molecule has 2 heterocycles. The van der Waals surface area contributed by atoms with Crippen LogP contribution in [0, 0.1) is 0 Å². The van der Waals surface area contributed by atoms with Gasteiger partial charge in [-0.05, 0) is 37.3 Å². The molecule has 0 saturated carbocycles. The van der Waals surface area contributed by atoms with Gasteiger partial charge in [0.15, 0.2) is 6.17 Å². The van der Waals surface area contributed by atoms with Crippen molar-refractivity contribution in [2.75, 3.05) is 23.6 Å². The number of carbonyl (C=O) groups excluding carboxylic acids is 1. The Bertz CT molecular complexity index is 1320. The zero-order chi connectivity index (χ0) is 22.8. The minimum Gasteiger partial charge on any atom is -0.497 e. The van der Waals surface area contributed by atoms with E-state index in [4.69, 9.17) is 14.6 Å². The summed E-state index contributed by atoms with van der Waals surface area (Å²) in [4.78, 5) is 18.3. The van der Waals surface area contributed by atoms with Crippen LogP contribution in [0.3, 0.4) is 0 Å². The van der Waals surface area contributed by atoms with Gasteiger partial charge in [-0.25, -0.2) is 9.80 Å². The van der Waals surface area contributed by atoms with Gasteiger partial charge in [0.05, 0.1) is 19.4 Å². The maximum absolute atomic E-state index is 13.1. The van der Waals surface area contributed by atoms with E-state index in [9.17, 15) is 4.79 Å². The average Bonchev–Trinajstić information content (AvgIpc) is 3.46. The average molecular weight is 441 g/mol. The van der Waals surface area contributed by atoms with Crippen molar-refractivity contribution in [1.29, 1.82) is 0 Å². The minimum atomic E-state index is -0.483. The van der Waals surface area contributed by atoms with E-state index in [0.29, 0.717) is 5.75 Å². The maximum Gasteiger partial charge on any atom is 0.376 e. The number of anilines is 2. The summed E-state index contributed by atoms with van der Waals surface area (Å²) in [5.41, 5.74) is 3.63. The molecule has 166 valence electrons. The topological polar surface area (TPSA) is 70.2 Å². The van der Waals surface area contributed by atoms with E-state index in [-0.39, 0.29) is 12.4 Å². The fraction of sp³-hybridized carbons (Fsp3) is 0.154. The van der Waals surface area contributed by atoms with Crippen molar-refractivity contribution in [1.82, 2.24) is 4.98 Å². The first kappa shape index (κ1) is 20.6. The first-order valence-corrected chi connectivity index (χ1v) is 10.8. The number of fused-ring (bicyclic) bond motifs is 1. The van der Waals surface area contributed by atoms with Crippen LogP contribution in [0.2, 0.25) is 0 Å². The molecule has 0 amide bonds. The molecular formula is C26H24N4O3. The number of ether oxygens (including phenoxy) is 2. The lowest BCUT2D eigenvalue weighted by Crippen LogP contribution is -2.39. The Labute approximate surface area is 191 Å². The van der Waals surface area contributed by atoms with E-state index in [1.807, 2.05) is 88.9 Å². The van der Waals surface area contributed by atoms with Crippen LogP contribution in [-0.4, -0.2) is 30.5 Å². The number of nitrogens with one attached hydrogen (secondary N) is 1. The molecule has 1 aromatic heterocycles. The molecular weight excluding hydrogens is 416 g/mol. The van der Waals surface area contributed by atoms with Crippen LogP contribution in [0.4, 0.5) is 11.4 Å². The normalized spacial score (nSPS) is 15.6. The third-order valence-electron chi connectivity index (χ3n) is 5.62. The van der Waals surface area contributed by atoms with Crippen LogP contribution in [0.25, 0.3) is 10.9 Å². The lowest BCUT2D eigenvalue weighted by atomic mass is 10.1. The molecule has 0 spiro atoms. The fourth-order valence-electron chi connectivity index (χ4n) is 4.15. The number of nitrogens with zero attached hydrogens (tertiary/aromatic N) is 3. The molecule has 3 aromatic carbocycles. The number of hydrogen-bond donors (Lipinski definition) is 1. The molecule has 7 nitrogen and oxygen atoms in total. The molecule has 1 N–H and O–H groups in total. The first-order valence-electron chi connectivity index (χ1n) is 10.8. The Morgan fingerprint density at radius 3 is 2.55 bits per heavy atom. The number of aromatic amines is 1. The number of carbonyl (C=O) groups is 1. The highest BCUT2D eigenvalue weighted by atomic mass is 16.5. The standard InChI is InChI=1S/C26H24N4O3/c1-3-33-26(31)24-28-30(18-10-5-4-6-11-18)25(22-17-27-23-15-8-7-14-21(22)23)29(24)19-12-9-13-20(16-19)32-2/h4-17,25,27H,3H2,1-2H3/t25-/m1/s1. The van der Waals surface area contributed by atoms with Gasteiger partial charge in [0.25, 0.3) is 0 Å². The van der Waals surface area contributed by atoms with Crippen LogP contribution in [0.5, 0.6) is 5.75 Å². The molecule has 1 aliphatic heterocycles. The SMILES string of the molecule is CCOC(=O)C1=NN(c2ccccc2)[C@H](c2c[nH]c3ccccc23)N1c1cccc(OC)c1. The number of rotatable bonds is 6. The Morgan fingerprint density at radius 1 is 1.00 bits per heavy atom. The van der Waals surface area contributed by atoms with E-state index in [2.05, 4.69) is 11.1 Å². The van der Waals surface area contributed by atoms with Crippen molar-refractivity contribution in [2.45, 2.75) is 13.1 Å². The maximum atomic E-state index is 13.1. The third-order valence-corrected chi connectivity index (χ3v) is 5.62. The molecule has 0 saturated heterocycles. The number of hydrogen-bond acceptors (Lipinski definition) is 6. The summed E-state index contributed by atoms with van der Waals surface area (Å²) in [5, 5.41) is 7.70. The summed E-state index contributed by atoms with van der Waals surface area (Å²) in [5.74, 6) is 0.416. The summed E-state index contributed by atoms with van der Waals surface area (Å²) in [6, 6.07) is 25.5. The van der Waals surface area contributed by atoms with Gasteiger partial charge >= 0.3 is 5.97 Å². The number of aromatic nitrogens is 1. The molecule has 0 radical (unpaired) electrons. The van der Waals surface area contributed by atoms with Gasteiger partial charge < -0.3 is 14.5 Å². The molecule has 4 aromatic rings. The summed E-state index contributed by atoms with van der Waals surface area (Å²) in [7, 11) is 1.62. The Morgan fingerprint density at radius 2 is 1.76 bits per heavy atom. The number of esters is 1.